The Morgan fingerprint density at radius 1 is 1.23 bits per heavy atom. The predicted molar refractivity (Wildman–Crippen MR) is 87.0 cm³/mol. The molecule has 0 aliphatic carbocycles. The fraction of sp³-hybridized carbons (Fsp3) is 0.588. The second-order valence-corrected chi connectivity index (χ2v) is 6.33. The molecule has 2 aliphatic heterocycles. The minimum Gasteiger partial charge on any atom is -0.379 e. The lowest BCUT2D eigenvalue weighted by atomic mass is 9.91. The Hall–Kier alpha value is -1.43. The number of aromatic amines is 1. The van der Waals surface area contributed by atoms with E-state index in [0.717, 1.165) is 51.6 Å². The van der Waals surface area contributed by atoms with Crippen LogP contribution in [-0.2, 0) is 11.3 Å². The van der Waals surface area contributed by atoms with Crippen LogP contribution in [-0.4, -0.2) is 54.3 Å². The van der Waals surface area contributed by atoms with Gasteiger partial charge in [-0.1, -0.05) is 0 Å². The van der Waals surface area contributed by atoms with Gasteiger partial charge in [-0.15, -0.1) is 0 Å². The maximum atomic E-state index is 5.48. The first kappa shape index (κ1) is 14.2. The molecular weight excluding hydrogens is 276 g/mol. The largest absolute Gasteiger partial charge is 0.379 e. The highest BCUT2D eigenvalue weighted by Gasteiger charge is 2.24. The third-order valence-corrected chi connectivity index (χ3v) is 4.94. The molecule has 118 valence electrons. The van der Waals surface area contributed by atoms with E-state index in [9.17, 15) is 0 Å². The van der Waals surface area contributed by atoms with Crippen molar-refractivity contribution in [2.75, 3.05) is 39.4 Å². The molecule has 2 aliphatic rings. The molecule has 5 nitrogen and oxygen atoms in total. The van der Waals surface area contributed by atoms with E-state index in [1.54, 1.807) is 0 Å². The molecule has 0 saturated carbocycles. The van der Waals surface area contributed by atoms with Crippen molar-refractivity contribution in [2.45, 2.75) is 25.3 Å². The summed E-state index contributed by atoms with van der Waals surface area (Å²) in [7, 11) is 0. The smallest absolute Gasteiger partial charge is 0.137 e. The summed E-state index contributed by atoms with van der Waals surface area (Å²) in [5.74, 6) is 0.631. The number of ether oxygens (including phenoxy) is 1. The minimum atomic E-state index is 0.631. The van der Waals surface area contributed by atoms with E-state index < -0.39 is 0 Å². The van der Waals surface area contributed by atoms with Crippen LogP contribution in [0.2, 0.25) is 0 Å². The van der Waals surface area contributed by atoms with Crippen molar-refractivity contribution in [1.29, 1.82) is 0 Å². The quantitative estimate of drug-likeness (QED) is 0.908. The summed E-state index contributed by atoms with van der Waals surface area (Å²) in [6.07, 6.45) is 4.30. The molecule has 2 N–H and O–H groups in total. The normalized spacial score (nSPS) is 21.5. The molecule has 2 saturated heterocycles. The van der Waals surface area contributed by atoms with Gasteiger partial charge in [-0.2, -0.15) is 0 Å². The highest BCUT2D eigenvalue weighted by Crippen LogP contribution is 2.32. The van der Waals surface area contributed by atoms with Crippen LogP contribution in [0.25, 0.3) is 11.0 Å². The predicted octanol–water partition coefficient (Wildman–Crippen LogP) is 1.86. The fourth-order valence-corrected chi connectivity index (χ4v) is 3.71. The van der Waals surface area contributed by atoms with Crippen molar-refractivity contribution < 1.29 is 4.74 Å². The maximum absolute atomic E-state index is 5.48. The maximum Gasteiger partial charge on any atom is 0.137 e. The van der Waals surface area contributed by atoms with Crippen molar-refractivity contribution in [3.63, 3.8) is 0 Å². The third-order valence-electron chi connectivity index (χ3n) is 4.94. The number of nitrogens with one attached hydrogen (secondary N) is 2. The second kappa shape index (κ2) is 6.36. The van der Waals surface area contributed by atoms with Crippen LogP contribution in [0.4, 0.5) is 0 Å². The van der Waals surface area contributed by atoms with Gasteiger partial charge < -0.3 is 15.0 Å². The van der Waals surface area contributed by atoms with Gasteiger partial charge in [0.15, 0.2) is 0 Å². The number of piperidine rings is 1. The zero-order chi connectivity index (χ0) is 14.8. The summed E-state index contributed by atoms with van der Waals surface area (Å²) in [5, 5.41) is 4.76. The average Bonchev–Trinajstić information content (AvgIpc) is 2.95. The molecule has 0 unspecified atom stereocenters. The van der Waals surface area contributed by atoms with E-state index in [2.05, 4.69) is 26.3 Å². The molecule has 0 aromatic carbocycles. The number of nitrogens with zero attached hydrogens (tertiary/aromatic N) is 2. The summed E-state index contributed by atoms with van der Waals surface area (Å²) >= 11 is 0. The summed E-state index contributed by atoms with van der Waals surface area (Å²) in [4.78, 5) is 10.7. The number of rotatable bonds is 3. The van der Waals surface area contributed by atoms with Gasteiger partial charge in [-0.05, 0) is 43.6 Å². The lowest BCUT2D eigenvalue weighted by molar-refractivity contribution is 0.0342. The van der Waals surface area contributed by atoms with Crippen molar-refractivity contribution in [1.82, 2.24) is 20.2 Å². The Balaban J connectivity index is 1.69. The number of H-pyrrole nitrogens is 1. The molecule has 5 heteroatoms. The molecule has 2 aromatic rings. The third kappa shape index (κ3) is 2.76. The first-order valence-corrected chi connectivity index (χ1v) is 8.38. The molecule has 0 spiro atoms. The molecule has 0 radical (unpaired) electrons. The summed E-state index contributed by atoms with van der Waals surface area (Å²) in [6, 6.07) is 4.25. The van der Waals surface area contributed by atoms with Gasteiger partial charge in [0.05, 0.1) is 13.2 Å². The lowest BCUT2D eigenvalue weighted by Crippen LogP contribution is -2.36. The lowest BCUT2D eigenvalue weighted by Gasteiger charge is -2.28. The van der Waals surface area contributed by atoms with E-state index in [1.165, 1.54) is 29.5 Å². The number of fused-ring (bicyclic) bond motifs is 1. The Bertz CT molecular complexity index is 627. The molecule has 22 heavy (non-hydrogen) atoms. The average molecular weight is 300 g/mol. The molecule has 2 fully saturated rings. The van der Waals surface area contributed by atoms with Gasteiger partial charge in [0.1, 0.15) is 5.65 Å². The Kier molecular flexibility index (Phi) is 4.10. The van der Waals surface area contributed by atoms with Gasteiger partial charge in [-0.25, -0.2) is 4.98 Å². The molecule has 0 atom stereocenters. The van der Waals surface area contributed by atoms with Gasteiger partial charge in [-0.3, -0.25) is 4.90 Å². The summed E-state index contributed by atoms with van der Waals surface area (Å²) in [5.41, 5.74) is 3.91. The van der Waals surface area contributed by atoms with Crippen LogP contribution < -0.4 is 5.32 Å². The second-order valence-electron chi connectivity index (χ2n) is 6.33. The minimum absolute atomic E-state index is 0.631. The van der Waals surface area contributed by atoms with Crippen molar-refractivity contribution in [2.24, 2.45) is 0 Å². The molecule has 0 amide bonds. The van der Waals surface area contributed by atoms with E-state index in [0.29, 0.717) is 5.92 Å². The SMILES string of the molecule is c1cnc2[nH]c(C3CCNCC3)c(CN3CCOCC3)c2c1. The zero-order valence-corrected chi connectivity index (χ0v) is 13.0. The molecule has 4 heterocycles. The number of hydrogen-bond acceptors (Lipinski definition) is 4. The summed E-state index contributed by atoms with van der Waals surface area (Å²) < 4.78 is 5.48. The Labute approximate surface area is 131 Å². The van der Waals surface area contributed by atoms with E-state index >= 15 is 0 Å². The van der Waals surface area contributed by atoms with Crippen LogP contribution in [0.1, 0.15) is 30.0 Å². The highest BCUT2D eigenvalue weighted by molar-refractivity contribution is 5.81. The molecule has 4 rings (SSSR count). The van der Waals surface area contributed by atoms with E-state index in [1.807, 2.05) is 12.3 Å². The van der Waals surface area contributed by atoms with E-state index in [4.69, 9.17) is 4.74 Å². The first-order valence-electron chi connectivity index (χ1n) is 8.38. The van der Waals surface area contributed by atoms with Crippen molar-refractivity contribution in [3.05, 3.63) is 29.6 Å². The summed E-state index contributed by atoms with van der Waals surface area (Å²) in [6.45, 7) is 6.99. The van der Waals surface area contributed by atoms with Crippen LogP contribution in [0.3, 0.4) is 0 Å². The van der Waals surface area contributed by atoms with Crippen molar-refractivity contribution >= 4 is 11.0 Å². The van der Waals surface area contributed by atoms with Gasteiger partial charge in [0.2, 0.25) is 0 Å². The molecule has 2 aromatic heterocycles. The van der Waals surface area contributed by atoms with E-state index in [-0.39, 0.29) is 0 Å². The fourth-order valence-electron chi connectivity index (χ4n) is 3.71. The standard InChI is InChI=1S/C17H24N4O/c1-2-14-15(12-21-8-10-22-11-9-21)16(20-17(14)19-5-1)13-3-6-18-7-4-13/h1-2,5,13,18H,3-4,6-12H2,(H,19,20). The Morgan fingerprint density at radius 3 is 2.86 bits per heavy atom. The first-order chi connectivity index (χ1) is 10.9. The monoisotopic (exact) mass is 300 g/mol. The van der Waals surface area contributed by atoms with Gasteiger partial charge >= 0.3 is 0 Å². The Morgan fingerprint density at radius 2 is 2.05 bits per heavy atom. The number of aromatic nitrogens is 2. The van der Waals surface area contributed by atoms with Crippen LogP contribution >= 0.6 is 0 Å². The molecule has 0 bridgehead atoms. The number of morpholine rings is 1. The molecular formula is C17H24N4O. The van der Waals surface area contributed by atoms with Crippen LogP contribution in [0.5, 0.6) is 0 Å². The van der Waals surface area contributed by atoms with Gasteiger partial charge in [0, 0.05) is 42.8 Å². The number of pyridine rings is 1. The van der Waals surface area contributed by atoms with Crippen LogP contribution in [0, 0.1) is 0 Å². The number of hydrogen-bond donors (Lipinski definition) is 2. The topological polar surface area (TPSA) is 53.2 Å². The highest BCUT2D eigenvalue weighted by atomic mass is 16.5. The van der Waals surface area contributed by atoms with Gasteiger partial charge in [0.25, 0.3) is 0 Å². The van der Waals surface area contributed by atoms with Crippen LogP contribution in [0.15, 0.2) is 18.3 Å². The van der Waals surface area contributed by atoms with Crippen molar-refractivity contribution in [3.8, 4) is 0 Å². The zero-order valence-electron chi connectivity index (χ0n) is 13.0.